The molecule has 16 heavy (non-hydrogen) atoms. The average Bonchev–Trinajstić information content (AvgIpc) is 2.54. The van der Waals surface area contributed by atoms with Crippen molar-refractivity contribution in [3.63, 3.8) is 0 Å². The quantitative estimate of drug-likeness (QED) is 0.853. The molecule has 1 aliphatic carbocycles. The third kappa shape index (κ3) is 3.05. The molecule has 1 N–H and O–H groups in total. The van der Waals surface area contributed by atoms with Crippen LogP contribution in [0.3, 0.4) is 0 Å². The Kier molecular flexibility index (Phi) is 3.98. The van der Waals surface area contributed by atoms with E-state index in [4.69, 9.17) is 0 Å². The predicted octanol–water partition coefficient (Wildman–Crippen LogP) is 3.02. The molecule has 0 bridgehead atoms. The number of thiazole rings is 1. The van der Waals surface area contributed by atoms with Gasteiger partial charge in [-0.2, -0.15) is 0 Å². The number of aryl methyl sites for hydroxylation is 1. The molecule has 1 aliphatic rings. The number of aromatic nitrogens is 1. The minimum atomic E-state index is 0.772. The smallest absolute Gasteiger partial charge is 0.0940 e. The van der Waals surface area contributed by atoms with Crippen LogP contribution >= 0.6 is 11.3 Å². The van der Waals surface area contributed by atoms with E-state index in [1.54, 1.807) is 11.3 Å². The highest BCUT2D eigenvalue weighted by Crippen LogP contribution is 2.33. The largest absolute Gasteiger partial charge is 0.314 e. The number of rotatable bonds is 5. The fourth-order valence-electron chi connectivity index (χ4n) is 2.27. The molecular weight excluding hydrogens is 216 g/mol. The van der Waals surface area contributed by atoms with Gasteiger partial charge in [-0.25, -0.2) is 4.98 Å². The molecule has 1 aromatic heterocycles. The molecule has 1 heterocycles. The zero-order chi connectivity index (χ0) is 11.5. The van der Waals surface area contributed by atoms with E-state index in [0.717, 1.165) is 36.5 Å². The molecule has 1 fully saturated rings. The molecule has 0 spiro atoms. The van der Waals surface area contributed by atoms with E-state index in [0.29, 0.717) is 0 Å². The molecule has 90 valence electrons. The Hall–Kier alpha value is -0.410. The topological polar surface area (TPSA) is 24.9 Å². The lowest BCUT2D eigenvalue weighted by Gasteiger charge is -2.38. The fraction of sp³-hybridized carbons (Fsp3) is 0.769. The lowest BCUT2D eigenvalue weighted by atomic mass is 9.74. The summed E-state index contributed by atoms with van der Waals surface area (Å²) in [5.74, 6) is 1.82. The SMILES string of the molecule is Cc1csc(CCNC2CC(C(C)C)C2)n1. The van der Waals surface area contributed by atoms with Crippen LogP contribution in [-0.4, -0.2) is 17.6 Å². The van der Waals surface area contributed by atoms with Gasteiger partial charge in [-0.1, -0.05) is 13.8 Å². The van der Waals surface area contributed by atoms with Gasteiger partial charge in [0.2, 0.25) is 0 Å². The van der Waals surface area contributed by atoms with E-state index in [1.807, 2.05) is 0 Å². The molecule has 0 radical (unpaired) electrons. The minimum Gasteiger partial charge on any atom is -0.314 e. The maximum absolute atomic E-state index is 4.47. The van der Waals surface area contributed by atoms with Crippen molar-refractivity contribution in [2.24, 2.45) is 11.8 Å². The number of hydrogen-bond acceptors (Lipinski definition) is 3. The molecule has 1 aromatic rings. The summed E-state index contributed by atoms with van der Waals surface area (Å²) in [5.41, 5.74) is 1.16. The van der Waals surface area contributed by atoms with Crippen LogP contribution in [0.15, 0.2) is 5.38 Å². The Morgan fingerprint density at radius 3 is 2.81 bits per heavy atom. The van der Waals surface area contributed by atoms with Crippen molar-refractivity contribution in [1.82, 2.24) is 10.3 Å². The summed E-state index contributed by atoms with van der Waals surface area (Å²) in [4.78, 5) is 4.47. The monoisotopic (exact) mass is 238 g/mol. The van der Waals surface area contributed by atoms with E-state index in [2.05, 4.69) is 36.5 Å². The predicted molar refractivity (Wildman–Crippen MR) is 69.9 cm³/mol. The van der Waals surface area contributed by atoms with Crippen LogP contribution in [0.1, 0.15) is 37.4 Å². The van der Waals surface area contributed by atoms with Crippen molar-refractivity contribution in [1.29, 1.82) is 0 Å². The number of nitrogens with zero attached hydrogens (tertiary/aromatic N) is 1. The van der Waals surface area contributed by atoms with Gasteiger partial charge in [-0.15, -0.1) is 11.3 Å². The van der Waals surface area contributed by atoms with Gasteiger partial charge >= 0.3 is 0 Å². The molecule has 0 saturated heterocycles. The van der Waals surface area contributed by atoms with Gasteiger partial charge in [0.25, 0.3) is 0 Å². The van der Waals surface area contributed by atoms with Crippen molar-refractivity contribution in [3.05, 3.63) is 16.1 Å². The van der Waals surface area contributed by atoms with Gasteiger partial charge in [-0.3, -0.25) is 0 Å². The Bertz CT molecular complexity index is 326. The van der Waals surface area contributed by atoms with E-state index in [-0.39, 0.29) is 0 Å². The van der Waals surface area contributed by atoms with Gasteiger partial charge in [-0.05, 0) is 31.6 Å². The van der Waals surface area contributed by atoms with Gasteiger partial charge in [0, 0.05) is 30.1 Å². The second-order valence-corrected chi connectivity index (χ2v) is 6.20. The van der Waals surface area contributed by atoms with Crippen LogP contribution in [0.4, 0.5) is 0 Å². The number of hydrogen-bond donors (Lipinski definition) is 1. The van der Waals surface area contributed by atoms with Gasteiger partial charge in [0.15, 0.2) is 0 Å². The first-order valence-corrected chi connectivity index (χ1v) is 7.17. The second kappa shape index (κ2) is 5.28. The molecule has 0 amide bonds. The Balaban J connectivity index is 1.60. The molecule has 0 aromatic carbocycles. The Labute approximate surface area is 102 Å². The zero-order valence-electron chi connectivity index (χ0n) is 10.5. The summed E-state index contributed by atoms with van der Waals surface area (Å²) in [6.45, 7) is 7.81. The first-order valence-electron chi connectivity index (χ1n) is 6.29. The van der Waals surface area contributed by atoms with Gasteiger partial charge < -0.3 is 5.32 Å². The van der Waals surface area contributed by atoms with Crippen LogP contribution in [0.2, 0.25) is 0 Å². The molecule has 0 atom stereocenters. The summed E-state index contributed by atoms with van der Waals surface area (Å²) in [7, 11) is 0. The van der Waals surface area contributed by atoms with Crippen molar-refractivity contribution in [2.75, 3.05) is 6.54 Å². The summed E-state index contributed by atoms with van der Waals surface area (Å²) >= 11 is 1.78. The molecule has 3 heteroatoms. The molecule has 2 rings (SSSR count). The summed E-state index contributed by atoms with van der Waals surface area (Å²) in [5, 5.41) is 7.03. The molecule has 0 aliphatic heterocycles. The Morgan fingerprint density at radius 1 is 1.50 bits per heavy atom. The third-order valence-corrected chi connectivity index (χ3v) is 4.58. The lowest BCUT2D eigenvalue weighted by molar-refractivity contribution is 0.169. The van der Waals surface area contributed by atoms with Crippen molar-refractivity contribution >= 4 is 11.3 Å². The first kappa shape index (κ1) is 12.1. The van der Waals surface area contributed by atoms with E-state index >= 15 is 0 Å². The van der Waals surface area contributed by atoms with E-state index in [9.17, 15) is 0 Å². The standard InChI is InChI=1S/C13H22N2S/c1-9(2)11-6-12(7-11)14-5-4-13-15-10(3)8-16-13/h8-9,11-12,14H,4-7H2,1-3H3. The van der Waals surface area contributed by atoms with Crippen molar-refractivity contribution in [2.45, 2.75) is 46.1 Å². The molecular formula is C13H22N2S. The minimum absolute atomic E-state index is 0.772. The zero-order valence-corrected chi connectivity index (χ0v) is 11.3. The van der Waals surface area contributed by atoms with Crippen LogP contribution in [-0.2, 0) is 6.42 Å². The highest BCUT2D eigenvalue weighted by Gasteiger charge is 2.30. The van der Waals surface area contributed by atoms with Crippen LogP contribution in [0, 0.1) is 18.8 Å². The van der Waals surface area contributed by atoms with Crippen LogP contribution < -0.4 is 5.32 Å². The normalized spacial score (nSPS) is 24.8. The second-order valence-electron chi connectivity index (χ2n) is 5.26. The molecule has 0 unspecified atom stereocenters. The number of nitrogens with one attached hydrogen (secondary N) is 1. The van der Waals surface area contributed by atoms with E-state index in [1.165, 1.54) is 17.8 Å². The van der Waals surface area contributed by atoms with Gasteiger partial charge in [0.05, 0.1) is 5.01 Å². The maximum atomic E-state index is 4.47. The fourth-order valence-corrected chi connectivity index (χ4v) is 3.05. The van der Waals surface area contributed by atoms with Gasteiger partial charge in [0.1, 0.15) is 0 Å². The first-order chi connectivity index (χ1) is 7.65. The van der Waals surface area contributed by atoms with Crippen LogP contribution in [0.5, 0.6) is 0 Å². The Morgan fingerprint density at radius 2 is 2.25 bits per heavy atom. The lowest BCUT2D eigenvalue weighted by Crippen LogP contribution is -2.43. The highest BCUT2D eigenvalue weighted by molar-refractivity contribution is 7.09. The third-order valence-electron chi connectivity index (χ3n) is 3.56. The van der Waals surface area contributed by atoms with E-state index < -0.39 is 0 Å². The average molecular weight is 238 g/mol. The highest BCUT2D eigenvalue weighted by atomic mass is 32.1. The maximum Gasteiger partial charge on any atom is 0.0940 e. The summed E-state index contributed by atoms with van der Waals surface area (Å²) in [6, 6.07) is 0.772. The molecule has 1 saturated carbocycles. The summed E-state index contributed by atoms with van der Waals surface area (Å²) < 4.78 is 0. The van der Waals surface area contributed by atoms with Crippen LogP contribution in [0.25, 0.3) is 0 Å². The van der Waals surface area contributed by atoms with Crippen molar-refractivity contribution < 1.29 is 0 Å². The van der Waals surface area contributed by atoms with Crippen molar-refractivity contribution in [3.8, 4) is 0 Å². The molecule has 2 nitrogen and oxygen atoms in total. The summed E-state index contributed by atoms with van der Waals surface area (Å²) in [6.07, 6.45) is 3.82.